The number of ether oxygens (including phenoxy) is 2. The predicted molar refractivity (Wildman–Crippen MR) is 65.7 cm³/mol. The van der Waals surface area contributed by atoms with E-state index in [1.54, 1.807) is 14.0 Å². The highest BCUT2D eigenvalue weighted by molar-refractivity contribution is 5.88. The molecular formula is C11H18N4O4. The molecule has 1 atom stereocenters. The van der Waals surface area contributed by atoms with Crippen LogP contribution in [0.2, 0.25) is 0 Å². The zero-order chi connectivity index (χ0) is 14.4. The minimum atomic E-state index is -0.582. The van der Waals surface area contributed by atoms with Crippen molar-refractivity contribution in [1.29, 1.82) is 0 Å². The van der Waals surface area contributed by atoms with Crippen molar-refractivity contribution in [2.45, 2.75) is 19.4 Å². The number of likely N-dealkylation sites (N-methyl/N-ethyl adjacent to an activating group) is 1. The van der Waals surface area contributed by atoms with Crippen LogP contribution in [0.15, 0.2) is 0 Å². The molecule has 0 aliphatic rings. The van der Waals surface area contributed by atoms with Crippen molar-refractivity contribution < 1.29 is 19.1 Å². The lowest BCUT2D eigenvalue weighted by Crippen LogP contribution is -2.29. The fraction of sp³-hybridized carbons (Fsp3) is 0.636. The summed E-state index contributed by atoms with van der Waals surface area (Å²) in [5.41, 5.74) is 0.625. The Hall–Kier alpha value is -1.96. The van der Waals surface area contributed by atoms with Gasteiger partial charge in [-0.25, -0.2) is 9.48 Å². The first kappa shape index (κ1) is 15.1. The average Bonchev–Trinajstić information content (AvgIpc) is 2.85. The van der Waals surface area contributed by atoms with Crippen molar-refractivity contribution in [1.82, 2.24) is 20.3 Å². The van der Waals surface area contributed by atoms with E-state index in [0.29, 0.717) is 18.7 Å². The summed E-state index contributed by atoms with van der Waals surface area (Å²) in [6.45, 7) is 2.06. The highest BCUT2D eigenvalue weighted by Crippen LogP contribution is 2.14. The van der Waals surface area contributed by atoms with Gasteiger partial charge in [-0.1, -0.05) is 5.21 Å². The van der Waals surface area contributed by atoms with Crippen LogP contribution < -0.4 is 5.32 Å². The Labute approximate surface area is 111 Å². The van der Waals surface area contributed by atoms with Crippen LogP contribution >= 0.6 is 0 Å². The van der Waals surface area contributed by atoms with Crippen molar-refractivity contribution >= 4 is 11.9 Å². The van der Waals surface area contributed by atoms with Gasteiger partial charge in [-0.05, 0) is 6.92 Å². The standard InChI is InChI=1S/C11H18N4O4/c1-7(10(16)12-2)15-8(5-6-18-3)9(13-14-15)11(17)19-4/h7H,5-6H2,1-4H3,(H,12,16). The second kappa shape index (κ2) is 6.83. The van der Waals surface area contributed by atoms with Crippen molar-refractivity contribution in [3.05, 3.63) is 11.4 Å². The number of amides is 1. The molecule has 0 radical (unpaired) electrons. The lowest BCUT2D eigenvalue weighted by molar-refractivity contribution is -0.123. The molecular weight excluding hydrogens is 252 g/mol. The maximum atomic E-state index is 11.6. The van der Waals surface area contributed by atoms with Gasteiger partial charge in [0.2, 0.25) is 5.91 Å². The number of nitrogens with zero attached hydrogens (tertiary/aromatic N) is 3. The Bertz CT molecular complexity index is 458. The van der Waals surface area contributed by atoms with Crippen LogP contribution in [-0.4, -0.2) is 54.7 Å². The van der Waals surface area contributed by atoms with Crippen LogP contribution in [0.25, 0.3) is 0 Å². The van der Waals surface area contributed by atoms with E-state index < -0.39 is 12.0 Å². The second-order valence-corrected chi connectivity index (χ2v) is 3.85. The molecule has 0 aliphatic heterocycles. The SMILES string of the molecule is CNC(=O)C(C)n1nnc(C(=O)OC)c1CCOC. The number of carbonyl (C=O) groups is 2. The molecule has 0 aromatic carbocycles. The van der Waals surface area contributed by atoms with Gasteiger partial charge < -0.3 is 14.8 Å². The van der Waals surface area contributed by atoms with Crippen molar-refractivity contribution in [3.8, 4) is 0 Å². The van der Waals surface area contributed by atoms with Crippen molar-refractivity contribution in [2.24, 2.45) is 0 Å². The summed E-state index contributed by atoms with van der Waals surface area (Å²) < 4.78 is 11.0. The van der Waals surface area contributed by atoms with Gasteiger partial charge >= 0.3 is 5.97 Å². The molecule has 1 heterocycles. The van der Waals surface area contributed by atoms with Gasteiger partial charge in [0.15, 0.2) is 5.69 Å². The fourth-order valence-electron chi connectivity index (χ4n) is 1.63. The summed E-state index contributed by atoms with van der Waals surface area (Å²) in [7, 11) is 4.35. The van der Waals surface area contributed by atoms with Gasteiger partial charge in [0.25, 0.3) is 0 Å². The zero-order valence-corrected chi connectivity index (χ0v) is 11.5. The molecule has 1 amide bonds. The molecule has 1 aromatic rings. The van der Waals surface area contributed by atoms with Crippen LogP contribution in [-0.2, 0) is 20.7 Å². The summed E-state index contributed by atoms with van der Waals surface area (Å²) in [6, 6.07) is -0.567. The first-order valence-corrected chi connectivity index (χ1v) is 5.79. The predicted octanol–water partition coefficient (Wildman–Crippen LogP) is -0.439. The molecule has 0 saturated heterocycles. The number of hydrogen-bond acceptors (Lipinski definition) is 6. The molecule has 0 spiro atoms. The first-order chi connectivity index (χ1) is 9.06. The summed E-state index contributed by atoms with van der Waals surface area (Å²) >= 11 is 0. The van der Waals surface area contributed by atoms with Gasteiger partial charge in [-0.3, -0.25) is 4.79 Å². The number of esters is 1. The Morgan fingerprint density at radius 2 is 2.11 bits per heavy atom. The maximum Gasteiger partial charge on any atom is 0.360 e. The minimum Gasteiger partial charge on any atom is -0.464 e. The third kappa shape index (κ3) is 3.28. The van der Waals surface area contributed by atoms with Gasteiger partial charge in [0, 0.05) is 20.6 Å². The van der Waals surface area contributed by atoms with Crippen LogP contribution in [0.4, 0.5) is 0 Å². The molecule has 0 aliphatic carbocycles. The van der Waals surface area contributed by atoms with Gasteiger partial charge in [0.1, 0.15) is 6.04 Å². The molecule has 1 rings (SSSR count). The number of rotatable bonds is 6. The molecule has 106 valence electrons. The van der Waals surface area contributed by atoms with E-state index in [2.05, 4.69) is 20.4 Å². The smallest absolute Gasteiger partial charge is 0.360 e. The Morgan fingerprint density at radius 1 is 1.42 bits per heavy atom. The molecule has 1 aromatic heterocycles. The normalized spacial score (nSPS) is 12.0. The third-order valence-corrected chi connectivity index (χ3v) is 2.71. The third-order valence-electron chi connectivity index (χ3n) is 2.71. The van der Waals surface area contributed by atoms with E-state index >= 15 is 0 Å². The fourth-order valence-corrected chi connectivity index (χ4v) is 1.63. The summed E-state index contributed by atoms with van der Waals surface area (Å²) in [5.74, 6) is -0.804. The van der Waals surface area contributed by atoms with Crippen LogP contribution in [0.5, 0.6) is 0 Å². The summed E-state index contributed by atoms with van der Waals surface area (Å²) in [6.07, 6.45) is 0.412. The number of nitrogens with one attached hydrogen (secondary N) is 1. The van der Waals surface area contributed by atoms with E-state index in [1.165, 1.54) is 18.8 Å². The van der Waals surface area contributed by atoms with E-state index in [1.807, 2.05) is 0 Å². The number of carbonyl (C=O) groups excluding carboxylic acids is 2. The number of methoxy groups -OCH3 is 2. The van der Waals surface area contributed by atoms with E-state index in [4.69, 9.17) is 4.74 Å². The molecule has 19 heavy (non-hydrogen) atoms. The Morgan fingerprint density at radius 3 is 2.63 bits per heavy atom. The number of aromatic nitrogens is 3. The first-order valence-electron chi connectivity index (χ1n) is 5.79. The molecule has 8 nitrogen and oxygen atoms in total. The van der Waals surface area contributed by atoms with Crippen LogP contribution in [0, 0.1) is 0 Å². The van der Waals surface area contributed by atoms with E-state index in [-0.39, 0.29) is 11.6 Å². The van der Waals surface area contributed by atoms with Gasteiger partial charge in [-0.2, -0.15) is 0 Å². The Kier molecular flexibility index (Phi) is 5.43. The molecule has 1 N–H and O–H groups in total. The molecule has 0 fully saturated rings. The molecule has 0 saturated carbocycles. The van der Waals surface area contributed by atoms with Gasteiger partial charge in [-0.15, -0.1) is 5.10 Å². The molecule has 1 unspecified atom stereocenters. The van der Waals surface area contributed by atoms with Gasteiger partial charge in [0.05, 0.1) is 19.4 Å². The van der Waals surface area contributed by atoms with Crippen LogP contribution in [0.1, 0.15) is 29.1 Å². The molecule has 0 bridgehead atoms. The lowest BCUT2D eigenvalue weighted by Gasteiger charge is -2.13. The van der Waals surface area contributed by atoms with E-state index in [9.17, 15) is 9.59 Å². The summed E-state index contributed by atoms with van der Waals surface area (Å²) in [4.78, 5) is 23.2. The maximum absolute atomic E-state index is 11.6. The van der Waals surface area contributed by atoms with E-state index in [0.717, 1.165) is 0 Å². The number of hydrogen-bond donors (Lipinski definition) is 1. The second-order valence-electron chi connectivity index (χ2n) is 3.85. The zero-order valence-electron chi connectivity index (χ0n) is 11.5. The highest BCUT2D eigenvalue weighted by atomic mass is 16.5. The summed E-state index contributed by atoms with van der Waals surface area (Å²) in [5, 5.41) is 10.2. The highest BCUT2D eigenvalue weighted by Gasteiger charge is 2.25. The van der Waals surface area contributed by atoms with Crippen molar-refractivity contribution in [2.75, 3.05) is 27.9 Å². The van der Waals surface area contributed by atoms with Crippen LogP contribution in [0.3, 0.4) is 0 Å². The average molecular weight is 270 g/mol. The monoisotopic (exact) mass is 270 g/mol. The largest absolute Gasteiger partial charge is 0.464 e. The lowest BCUT2D eigenvalue weighted by atomic mass is 10.2. The Balaban J connectivity index is 3.13. The minimum absolute atomic E-state index is 0.107. The molecule has 8 heteroatoms. The topological polar surface area (TPSA) is 95.3 Å². The quantitative estimate of drug-likeness (QED) is 0.704. The van der Waals surface area contributed by atoms with Crippen molar-refractivity contribution in [3.63, 3.8) is 0 Å².